The summed E-state index contributed by atoms with van der Waals surface area (Å²) >= 11 is 0. The zero-order chi connectivity index (χ0) is 21.1. The summed E-state index contributed by atoms with van der Waals surface area (Å²) < 4.78 is 5.38. The van der Waals surface area contributed by atoms with Crippen molar-refractivity contribution in [2.75, 3.05) is 58.4 Å². The van der Waals surface area contributed by atoms with Crippen LogP contribution in [0.2, 0.25) is 0 Å². The number of amides is 1. The van der Waals surface area contributed by atoms with Crippen molar-refractivity contribution in [1.82, 2.24) is 20.5 Å². The van der Waals surface area contributed by atoms with Crippen molar-refractivity contribution in [3.8, 4) is 0 Å². The molecule has 1 aliphatic heterocycles. The van der Waals surface area contributed by atoms with Crippen LogP contribution in [0.25, 0.3) is 0 Å². The molecule has 0 aromatic carbocycles. The number of nitrogens with zero attached hydrogens (tertiary/aromatic N) is 4. The minimum Gasteiger partial charge on any atom is -0.382 e. The van der Waals surface area contributed by atoms with Gasteiger partial charge in [-0.3, -0.25) is 4.79 Å². The number of carbonyl (C=O) groups excluding carboxylic acids is 1. The topological polar surface area (TPSA) is 82.1 Å². The minimum atomic E-state index is -0.0133. The van der Waals surface area contributed by atoms with E-state index in [1.54, 1.807) is 19.0 Å². The third-order valence-corrected chi connectivity index (χ3v) is 4.89. The van der Waals surface area contributed by atoms with Gasteiger partial charge in [-0.2, -0.15) is 0 Å². The first-order chi connectivity index (χ1) is 14.0. The molecule has 1 aliphatic rings. The number of piperidine rings is 1. The van der Waals surface area contributed by atoms with Crippen molar-refractivity contribution in [1.29, 1.82) is 0 Å². The Hall–Kier alpha value is -1.62. The van der Waals surface area contributed by atoms with Crippen LogP contribution in [-0.4, -0.2) is 81.3 Å². The van der Waals surface area contributed by atoms with E-state index < -0.39 is 0 Å². The number of rotatable bonds is 9. The average Bonchev–Trinajstić information content (AvgIpc) is 2.72. The lowest BCUT2D eigenvalue weighted by Crippen LogP contribution is -2.49. The fraction of sp³-hybridized carbons (Fsp3) is 0.667. The number of carbonyl (C=O) groups is 1. The number of hydrogen-bond acceptors (Lipinski definition) is 5. The molecule has 30 heavy (non-hydrogen) atoms. The fourth-order valence-corrected chi connectivity index (χ4v) is 3.06. The molecule has 0 aliphatic carbocycles. The fourth-order valence-electron chi connectivity index (χ4n) is 3.06. The summed E-state index contributed by atoms with van der Waals surface area (Å²) in [5, 5.41) is 6.83. The van der Waals surface area contributed by atoms with E-state index in [1.165, 1.54) is 5.56 Å². The molecule has 0 radical (unpaired) electrons. The van der Waals surface area contributed by atoms with Crippen LogP contribution in [0, 0.1) is 6.92 Å². The van der Waals surface area contributed by atoms with Crippen LogP contribution in [0.3, 0.4) is 0 Å². The molecule has 2 rings (SSSR count). The minimum absolute atomic E-state index is 0. The van der Waals surface area contributed by atoms with Gasteiger partial charge >= 0.3 is 0 Å². The van der Waals surface area contributed by atoms with E-state index in [-0.39, 0.29) is 36.4 Å². The number of nitrogens with one attached hydrogen (secondary N) is 2. The molecule has 0 bridgehead atoms. The highest BCUT2D eigenvalue weighted by Crippen LogP contribution is 2.18. The smallest absolute Gasteiger partial charge is 0.243 e. The normalized spacial score (nSPS) is 14.8. The number of pyridine rings is 1. The van der Waals surface area contributed by atoms with Gasteiger partial charge in [0.05, 0.1) is 0 Å². The number of aryl methyl sites for hydroxylation is 1. The summed E-state index contributed by atoms with van der Waals surface area (Å²) in [7, 11) is 3.49. The second kappa shape index (κ2) is 14.4. The molecule has 0 atom stereocenters. The van der Waals surface area contributed by atoms with Gasteiger partial charge in [0.25, 0.3) is 0 Å². The van der Waals surface area contributed by atoms with E-state index in [9.17, 15) is 4.79 Å². The Morgan fingerprint density at radius 3 is 2.67 bits per heavy atom. The number of guanidine groups is 1. The van der Waals surface area contributed by atoms with Crippen LogP contribution in [0.5, 0.6) is 0 Å². The van der Waals surface area contributed by atoms with Gasteiger partial charge in [0, 0.05) is 59.2 Å². The lowest BCUT2D eigenvalue weighted by molar-refractivity contribution is -0.127. The molecule has 1 saturated heterocycles. The Kier molecular flexibility index (Phi) is 12.7. The molecule has 9 heteroatoms. The quantitative estimate of drug-likeness (QED) is 0.219. The number of hydrogen-bond donors (Lipinski definition) is 2. The Balaban J connectivity index is 0.00000450. The summed E-state index contributed by atoms with van der Waals surface area (Å²) in [4.78, 5) is 24.8. The van der Waals surface area contributed by atoms with Gasteiger partial charge in [0.15, 0.2) is 5.96 Å². The van der Waals surface area contributed by atoms with E-state index in [4.69, 9.17) is 4.74 Å². The lowest BCUT2D eigenvalue weighted by atomic mass is 10.1. The number of aliphatic imine (C=N–C) groups is 1. The van der Waals surface area contributed by atoms with Crippen molar-refractivity contribution in [3.63, 3.8) is 0 Å². The molecule has 0 saturated carbocycles. The maximum absolute atomic E-state index is 11.9. The molecule has 0 unspecified atom stereocenters. The molecule has 170 valence electrons. The van der Waals surface area contributed by atoms with Crippen molar-refractivity contribution in [2.45, 2.75) is 39.2 Å². The summed E-state index contributed by atoms with van der Waals surface area (Å²) in [5.41, 5.74) is 1.17. The summed E-state index contributed by atoms with van der Waals surface area (Å²) in [5.74, 6) is 1.72. The highest BCUT2D eigenvalue weighted by Gasteiger charge is 2.21. The molecule has 2 N–H and O–H groups in total. The second-order valence-electron chi connectivity index (χ2n) is 7.53. The zero-order valence-corrected chi connectivity index (χ0v) is 21.0. The molecule has 1 aromatic rings. The Bertz CT molecular complexity index is 645. The number of aromatic nitrogens is 1. The van der Waals surface area contributed by atoms with Crippen molar-refractivity contribution in [2.24, 2.45) is 4.99 Å². The molecule has 8 nitrogen and oxygen atoms in total. The van der Waals surface area contributed by atoms with Crippen LogP contribution in [-0.2, 0) is 9.53 Å². The van der Waals surface area contributed by atoms with E-state index in [2.05, 4.69) is 44.6 Å². The molecule has 0 spiro atoms. The van der Waals surface area contributed by atoms with E-state index in [1.807, 2.05) is 13.1 Å². The van der Waals surface area contributed by atoms with Gasteiger partial charge in [-0.1, -0.05) is 6.07 Å². The molecule has 1 fully saturated rings. The number of ether oxygens (including phenoxy) is 1. The largest absolute Gasteiger partial charge is 0.382 e. The van der Waals surface area contributed by atoms with Gasteiger partial charge in [0.2, 0.25) is 5.91 Å². The number of likely N-dealkylation sites (N-methyl/N-ethyl adjacent to an activating group) is 1. The summed E-state index contributed by atoms with van der Waals surface area (Å²) in [6, 6.07) is 4.51. The van der Waals surface area contributed by atoms with Crippen molar-refractivity contribution >= 4 is 41.7 Å². The Morgan fingerprint density at radius 2 is 2.07 bits per heavy atom. The zero-order valence-electron chi connectivity index (χ0n) is 18.7. The Labute approximate surface area is 197 Å². The number of halogens is 1. The molecular weight excluding hydrogens is 495 g/mol. The molecule has 1 aromatic heterocycles. The third kappa shape index (κ3) is 9.46. The SMILES string of the molecule is CCOCCCNC(=NCC(=O)N(C)C)NC1CCN(c2ccc(C)cn2)CC1.I. The second-order valence-corrected chi connectivity index (χ2v) is 7.53. The van der Waals surface area contributed by atoms with Gasteiger partial charge in [0.1, 0.15) is 12.4 Å². The van der Waals surface area contributed by atoms with Crippen LogP contribution in [0.4, 0.5) is 5.82 Å². The van der Waals surface area contributed by atoms with Crippen molar-refractivity contribution < 1.29 is 9.53 Å². The maximum Gasteiger partial charge on any atom is 0.243 e. The third-order valence-electron chi connectivity index (χ3n) is 4.89. The van der Waals surface area contributed by atoms with Gasteiger partial charge in [-0.25, -0.2) is 9.98 Å². The molecular formula is C21H37IN6O2. The first kappa shape index (κ1) is 26.4. The average molecular weight is 532 g/mol. The maximum atomic E-state index is 11.9. The first-order valence-electron chi connectivity index (χ1n) is 10.5. The summed E-state index contributed by atoms with van der Waals surface area (Å²) in [6.45, 7) is 8.28. The molecule has 1 amide bonds. The van der Waals surface area contributed by atoms with E-state index in [0.717, 1.165) is 57.9 Å². The van der Waals surface area contributed by atoms with E-state index in [0.29, 0.717) is 12.0 Å². The van der Waals surface area contributed by atoms with Gasteiger partial charge < -0.3 is 25.2 Å². The first-order valence-corrected chi connectivity index (χ1v) is 10.5. The van der Waals surface area contributed by atoms with Gasteiger partial charge in [-0.15, -0.1) is 24.0 Å². The highest BCUT2D eigenvalue weighted by molar-refractivity contribution is 14.0. The monoisotopic (exact) mass is 532 g/mol. The predicted molar refractivity (Wildman–Crippen MR) is 133 cm³/mol. The molecule has 2 heterocycles. The van der Waals surface area contributed by atoms with Crippen LogP contribution in [0.15, 0.2) is 23.3 Å². The highest BCUT2D eigenvalue weighted by atomic mass is 127. The standard InChI is InChI=1S/C21H36N6O2.HI/c1-5-29-14-6-11-22-21(24-16-20(28)26(3)4)25-18-9-12-27(13-10-18)19-8-7-17(2)15-23-19;/h7-8,15,18H,5-6,9-14,16H2,1-4H3,(H2,22,24,25);1H. The van der Waals surface area contributed by atoms with Crippen LogP contribution >= 0.6 is 24.0 Å². The van der Waals surface area contributed by atoms with Crippen LogP contribution < -0.4 is 15.5 Å². The van der Waals surface area contributed by atoms with Crippen molar-refractivity contribution in [3.05, 3.63) is 23.9 Å². The lowest BCUT2D eigenvalue weighted by Gasteiger charge is -2.34. The predicted octanol–water partition coefficient (Wildman–Crippen LogP) is 2.03. The van der Waals surface area contributed by atoms with E-state index >= 15 is 0 Å². The van der Waals surface area contributed by atoms with Gasteiger partial charge in [-0.05, 0) is 44.7 Å². The number of anilines is 1. The Morgan fingerprint density at radius 1 is 1.33 bits per heavy atom. The summed E-state index contributed by atoms with van der Waals surface area (Å²) in [6.07, 6.45) is 4.81. The van der Waals surface area contributed by atoms with Crippen LogP contribution in [0.1, 0.15) is 31.7 Å².